The third kappa shape index (κ3) is 3.26. The van der Waals surface area contributed by atoms with Crippen molar-refractivity contribution in [2.24, 2.45) is 0 Å². The number of thiazole rings is 1. The normalized spacial score (nSPS) is 10.2. The number of nitrogens with one attached hydrogen (secondary N) is 2. The lowest BCUT2D eigenvalue weighted by Gasteiger charge is -2.06. The van der Waals surface area contributed by atoms with Gasteiger partial charge in [-0.1, -0.05) is 12.1 Å². The molecule has 0 fully saturated rings. The lowest BCUT2D eigenvalue weighted by atomic mass is 10.3. The summed E-state index contributed by atoms with van der Waals surface area (Å²) in [4.78, 5) is 24.7. The smallest absolute Gasteiger partial charge is 0.292 e. The Morgan fingerprint density at radius 2 is 1.95 bits per heavy atom. The highest BCUT2D eigenvalue weighted by Gasteiger charge is 2.09. The Labute approximate surface area is 131 Å². The lowest BCUT2D eigenvalue weighted by molar-refractivity contribution is 0.262. The zero-order valence-corrected chi connectivity index (χ0v) is 12.6. The summed E-state index contributed by atoms with van der Waals surface area (Å²) in [6.07, 6.45) is 3.34. The second-order valence-corrected chi connectivity index (χ2v) is 5.36. The Balaban J connectivity index is 1.68. The van der Waals surface area contributed by atoms with Crippen LogP contribution in [0.3, 0.4) is 0 Å². The van der Waals surface area contributed by atoms with Crippen LogP contribution in [0.25, 0.3) is 10.7 Å². The van der Waals surface area contributed by atoms with Crippen LogP contribution >= 0.6 is 11.3 Å². The molecular weight excluding hydrogens is 298 g/mol. The third-order valence-corrected chi connectivity index (χ3v) is 3.74. The highest BCUT2D eigenvalue weighted by molar-refractivity contribution is 7.13. The Morgan fingerprint density at radius 1 is 1.09 bits per heavy atom. The van der Waals surface area contributed by atoms with Crippen molar-refractivity contribution in [1.82, 2.24) is 15.0 Å². The van der Waals surface area contributed by atoms with Gasteiger partial charge in [-0.3, -0.25) is 15.6 Å². The number of aromatic nitrogens is 3. The number of hydrogen-bond donors (Lipinski definition) is 2. The van der Waals surface area contributed by atoms with Gasteiger partial charge in [0.2, 0.25) is 0 Å². The topological polar surface area (TPSA) is 79.8 Å². The summed E-state index contributed by atoms with van der Waals surface area (Å²) in [5.74, 6) is 1.01. The number of aryl methyl sites for hydroxylation is 1. The molecule has 0 unspecified atom stereocenters. The van der Waals surface area contributed by atoms with Crippen molar-refractivity contribution < 1.29 is 4.79 Å². The maximum atomic E-state index is 12.0. The van der Waals surface area contributed by atoms with Gasteiger partial charge in [0.05, 0.1) is 5.69 Å². The van der Waals surface area contributed by atoms with Crippen LogP contribution in [-0.2, 0) is 0 Å². The number of anilines is 2. The molecule has 6 nitrogen and oxygen atoms in total. The van der Waals surface area contributed by atoms with Crippen molar-refractivity contribution in [3.8, 4) is 10.7 Å². The van der Waals surface area contributed by atoms with E-state index in [2.05, 4.69) is 25.6 Å². The Bertz CT molecular complexity index is 787. The Hall–Kier alpha value is -2.80. The monoisotopic (exact) mass is 311 g/mol. The van der Waals surface area contributed by atoms with Gasteiger partial charge in [0.25, 0.3) is 0 Å². The molecule has 22 heavy (non-hydrogen) atoms. The van der Waals surface area contributed by atoms with Crippen LogP contribution in [0.15, 0.2) is 48.1 Å². The molecule has 0 spiro atoms. The summed E-state index contributed by atoms with van der Waals surface area (Å²) in [5.41, 5.74) is 1.67. The molecule has 0 saturated heterocycles. The van der Waals surface area contributed by atoms with Crippen LogP contribution in [-0.4, -0.2) is 21.0 Å². The molecule has 0 radical (unpaired) electrons. The fourth-order valence-corrected chi connectivity index (χ4v) is 2.54. The molecule has 3 aromatic heterocycles. The van der Waals surface area contributed by atoms with Gasteiger partial charge in [0, 0.05) is 17.8 Å². The lowest BCUT2D eigenvalue weighted by Crippen LogP contribution is -2.20. The number of rotatable bonds is 3. The predicted molar refractivity (Wildman–Crippen MR) is 87.0 cm³/mol. The zero-order chi connectivity index (χ0) is 15.4. The van der Waals surface area contributed by atoms with E-state index in [1.54, 1.807) is 17.8 Å². The minimum atomic E-state index is -0.375. The Kier molecular flexibility index (Phi) is 4.06. The molecule has 0 aromatic carbocycles. The van der Waals surface area contributed by atoms with Crippen LogP contribution in [0.1, 0.15) is 5.56 Å². The molecule has 0 bridgehead atoms. The van der Waals surface area contributed by atoms with E-state index in [0.717, 1.165) is 16.3 Å². The highest BCUT2D eigenvalue weighted by Crippen LogP contribution is 2.23. The minimum Gasteiger partial charge on any atom is -0.292 e. The Morgan fingerprint density at radius 3 is 2.73 bits per heavy atom. The summed E-state index contributed by atoms with van der Waals surface area (Å²) >= 11 is 1.42. The number of urea groups is 1. The van der Waals surface area contributed by atoms with Gasteiger partial charge in [0.1, 0.15) is 16.6 Å². The molecule has 3 aromatic rings. The molecule has 0 aliphatic heterocycles. The standard InChI is InChI=1S/C15H13N5OS/c1-10-5-4-8-17-13(10)20-15(21)19-12-9-22-14(18-12)11-6-2-3-7-16-11/h2-9H,1H3,(H2,17,19,20,21). The van der Waals surface area contributed by atoms with Crippen molar-refractivity contribution in [3.05, 3.63) is 53.7 Å². The molecule has 3 heterocycles. The summed E-state index contributed by atoms with van der Waals surface area (Å²) in [7, 11) is 0. The molecule has 0 atom stereocenters. The molecule has 2 amide bonds. The maximum Gasteiger partial charge on any atom is 0.326 e. The molecule has 0 saturated carbocycles. The summed E-state index contributed by atoms with van der Waals surface area (Å²) in [5, 5.41) is 7.91. The minimum absolute atomic E-state index is 0.375. The van der Waals surface area contributed by atoms with E-state index in [-0.39, 0.29) is 6.03 Å². The van der Waals surface area contributed by atoms with Gasteiger partial charge >= 0.3 is 6.03 Å². The van der Waals surface area contributed by atoms with Gasteiger partial charge < -0.3 is 0 Å². The molecule has 2 N–H and O–H groups in total. The van der Waals surface area contributed by atoms with Crippen LogP contribution in [0.4, 0.5) is 16.4 Å². The number of carbonyl (C=O) groups excluding carboxylic acids is 1. The quantitative estimate of drug-likeness (QED) is 0.775. The average Bonchev–Trinajstić information content (AvgIpc) is 2.99. The second kappa shape index (κ2) is 6.31. The van der Waals surface area contributed by atoms with Crippen LogP contribution in [0, 0.1) is 6.92 Å². The summed E-state index contributed by atoms with van der Waals surface area (Å²) in [6.45, 7) is 1.88. The first kappa shape index (κ1) is 14.2. The number of pyridine rings is 2. The zero-order valence-electron chi connectivity index (χ0n) is 11.8. The van der Waals surface area contributed by atoms with Crippen molar-refractivity contribution in [1.29, 1.82) is 0 Å². The van der Waals surface area contributed by atoms with Crippen LogP contribution in [0.2, 0.25) is 0 Å². The molecule has 0 aliphatic rings. The summed E-state index contributed by atoms with van der Waals surface area (Å²) in [6, 6.07) is 8.94. The average molecular weight is 311 g/mol. The van der Waals surface area contributed by atoms with Crippen molar-refractivity contribution in [3.63, 3.8) is 0 Å². The van der Waals surface area contributed by atoms with E-state index >= 15 is 0 Å². The molecule has 3 rings (SSSR count). The van der Waals surface area contributed by atoms with Gasteiger partial charge in [-0.2, -0.15) is 0 Å². The van der Waals surface area contributed by atoms with Crippen molar-refractivity contribution in [2.45, 2.75) is 6.92 Å². The maximum absolute atomic E-state index is 12.0. The predicted octanol–water partition coefficient (Wildman–Crippen LogP) is 3.55. The number of nitrogens with zero attached hydrogens (tertiary/aromatic N) is 3. The van der Waals surface area contributed by atoms with Gasteiger partial charge in [0.15, 0.2) is 0 Å². The largest absolute Gasteiger partial charge is 0.326 e. The first-order valence-electron chi connectivity index (χ1n) is 6.59. The van der Waals surface area contributed by atoms with E-state index < -0.39 is 0 Å². The number of carbonyl (C=O) groups is 1. The van der Waals surface area contributed by atoms with Gasteiger partial charge in [-0.25, -0.2) is 14.8 Å². The fraction of sp³-hybridized carbons (Fsp3) is 0.0667. The van der Waals surface area contributed by atoms with Crippen molar-refractivity contribution >= 4 is 29.0 Å². The highest BCUT2D eigenvalue weighted by atomic mass is 32.1. The van der Waals surface area contributed by atoms with E-state index in [4.69, 9.17) is 0 Å². The second-order valence-electron chi connectivity index (χ2n) is 4.50. The molecule has 7 heteroatoms. The van der Waals surface area contributed by atoms with Crippen LogP contribution in [0.5, 0.6) is 0 Å². The van der Waals surface area contributed by atoms with Gasteiger partial charge in [-0.15, -0.1) is 11.3 Å². The van der Waals surface area contributed by atoms with E-state index in [9.17, 15) is 4.79 Å². The van der Waals surface area contributed by atoms with Gasteiger partial charge in [-0.05, 0) is 30.7 Å². The molecular formula is C15H13N5OS. The first-order chi connectivity index (χ1) is 10.7. The van der Waals surface area contributed by atoms with E-state index in [1.165, 1.54) is 11.3 Å². The first-order valence-corrected chi connectivity index (χ1v) is 7.47. The number of hydrogen-bond acceptors (Lipinski definition) is 5. The summed E-state index contributed by atoms with van der Waals surface area (Å²) < 4.78 is 0. The van der Waals surface area contributed by atoms with E-state index in [0.29, 0.717) is 11.6 Å². The third-order valence-electron chi connectivity index (χ3n) is 2.87. The SMILES string of the molecule is Cc1cccnc1NC(=O)Nc1csc(-c2ccccn2)n1. The number of amides is 2. The fourth-order valence-electron chi connectivity index (χ4n) is 1.81. The van der Waals surface area contributed by atoms with E-state index in [1.807, 2.05) is 37.3 Å². The molecule has 0 aliphatic carbocycles. The van der Waals surface area contributed by atoms with Crippen molar-refractivity contribution in [2.75, 3.05) is 10.6 Å². The van der Waals surface area contributed by atoms with Crippen LogP contribution < -0.4 is 10.6 Å². The molecule has 110 valence electrons.